The molecule has 11 nitrogen and oxygen atoms in total. The average Bonchev–Trinajstić information content (AvgIpc) is 3.59. The summed E-state index contributed by atoms with van der Waals surface area (Å²) in [6, 6.07) is 10.5. The van der Waals surface area contributed by atoms with Crippen LogP contribution in [0.1, 0.15) is 11.1 Å². The Morgan fingerprint density at radius 2 is 1.74 bits per heavy atom. The monoisotopic (exact) mass is 519 g/mol. The van der Waals surface area contributed by atoms with Crippen LogP contribution in [-0.2, 0) is 13.6 Å². The van der Waals surface area contributed by atoms with Crippen LogP contribution in [0, 0.1) is 11.3 Å². The summed E-state index contributed by atoms with van der Waals surface area (Å²) in [7, 11) is 5.87. The number of hydrogen-bond donors (Lipinski definition) is 0. The van der Waals surface area contributed by atoms with Crippen molar-refractivity contribution in [3.8, 4) is 28.6 Å². The molecule has 0 amide bonds. The fourth-order valence-electron chi connectivity index (χ4n) is 4.87. The van der Waals surface area contributed by atoms with Crippen LogP contribution >= 0.6 is 0 Å². The van der Waals surface area contributed by atoms with Gasteiger partial charge in [-0.15, -0.1) is 0 Å². The molecule has 1 aliphatic heterocycles. The van der Waals surface area contributed by atoms with E-state index in [1.165, 1.54) is 5.56 Å². The molecule has 0 bridgehead atoms. The van der Waals surface area contributed by atoms with Gasteiger partial charge in [0.05, 0.1) is 30.0 Å². The third-order valence-corrected chi connectivity index (χ3v) is 7.01. The molecule has 0 radical (unpaired) electrons. The maximum atomic E-state index is 9.67. The Kier molecular flexibility index (Phi) is 6.38. The molecule has 1 fully saturated rings. The highest BCUT2D eigenvalue weighted by Crippen LogP contribution is 2.29. The molecule has 0 aromatic carbocycles. The molecular weight excluding hydrogens is 490 g/mol. The molecule has 0 saturated carbocycles. The zero-order chi connectivity index (χ0) is 26.9. The number of piperazine rings is 1. The Bertz CT molecular complexity index is 1630. The van der Waals surface area contributed by atoms with Gasteiger partial charge >= 0.3 is 0 Å². The van der Waals surface area contributed by atoms with Gasteiger partial charge in [-0.25, -0.2) is 19.5 Å². The van der Waals surface area contributed by atoms with Crippen molar-refractivity contribution in [3.63, 3.8) is 0 Å². The van der Waals surface area contributed by atoms with Gasteiger partial charge in [-0.2, -0.15) is 15.5 Å². The van der Waals surface area contributed by atoms with Crippen LogP contribution in [0.15, 0.2) is 61.4 Å². The molecule has 0 spiro atoms. The minimum absolute atomic E-state index is 0.474. The molecule has 196 valence electrons. The number of fused-ring (bicyclic) bond motifs is 1. The average molecular weight is 520 g/mol. The van der Waals surface area contributed by atoms with Crippen molar-refractivity contribution in [1.29, 1.82) is 5.26 Å². The molecule has 0 N–H and O–H groups in total. The maximum Gasteiger partial charge on any atom is 0.128 e. The second kappa shape index (κ2) is 10.2. The molecule has 1 aliphatic rings. The number of pyridine rings is 2. The van der Waals surface area contributed by atoms with Crippen LogP contribution in [0.5, 0.6) is 0 Å². The van der Waals surface area contributed by atoms with Crippen molar-refractivity contribution >= 4 is 17.2 Å². The van der Waals surface area contributed by atoms with Crippen LogP contribution in [-0.4, -0.2) is 79.5 Å². The van der Waals surface area contributed by atoms with Crippen LogP contribution < -0.4 is 9.80 Å². The van der Waals surface area contributed by atoms with Crippen LogP contribution in [0.2, 0.25) is 0 Å². The fraction of sp³-hybridized carbons (Fsp3) is 0.286. The van der Waals surface area contributed by atoms with E-state index in [-0.39, 0.29) is 0 Å². The summed E-state index contributed by atoms with van der Waals surface area (Å²) in [5, 5.41) is 18.3. The fourth-order valence-corrected chi connectivity index (χ4v) is 4.87. The highest BCUT2D eigenvalue weighted by atomic mass is 15.3. The van der Waals surface area contributed by atoms with Crippen molar-refractivity contribution in [2.24, 2.45) is 7.05 Å². The van der Waals surface area contributed by atoms with Gasteiger partial charge in [-0.05, 0) is 23.8 Å². The summed E-state index contributed by atoms with van der Waals surface area (Å²) in [6.45, 7) is 4.60. The third-order valence-electron chi connectivity index (χ3n) is 7.01. The van der Waals surface area contributed by atoms with Crippen molar-refractivity contribution in [1.82, 2.24) is 39.2 Å². The van der Waals surface area contributed by atoms with Crippen molar-refractivity contribution < 1.29 is 0 Å². The first kappa shape index (κ1) is 24.5. The Labute approximate surface area is 226 Å². The minimum atomic E-state index is 0.474. The van der Waals surface area contributed by atoms with Gasteiger partial charge in [0.2, 0.25) is 0 Å². The third kappa shape index (κ3) is 4.89. The zero-order valence-corrected chi connectivity index (χ0v) is 22.2. The number of rotatable bonds is 6. The molecule has 5 aromatic rings. The van der Waals surface area contributed by atoms with Gasteiger partial charge in [0.25, 0.3) is 0 Å². The number of nitrogens with zero attached hydrogens (tertiary/aromatic N) is 11. The van der Waals surface area contributed by atoms with Crippen molar-refractivity contribution in [2.75, 3.05) is 50.1 Å². The van der Waals surface area contributed by atoms with E-state index in [9.17, 15) is 5.26 Å². The lowest BCUT2D eigenvalue weighted by Gasteiger charge is -2.35. The highest BCUT2D eigenvalue weighted by molar-refractivity contribution is 5.83. The first-order valence-electron chi connectivity index (χ1n) is 12.8. The molecule has 11 heteroatoms. The van der Waals surface area contributed by atoms with Gasteiger partial charge < -0.3 is 9.80 Å². The molecule has 1 saturated heterocycles. The first-order chi connectivity index (χ1) is 19.0. The quantitative estimate of drug-likeness (QED) is 0.335. The summed E-state index contributed by atoms with van der Waals surface area (Å²) < 4.78 is 3.44. The van der Waals surface area contributed by atoms with Crippen molar-refractivity contribution in [3.05, 3.63) is 72.6 Å². The van der Waals surface area contributed by atoms with E-state index >= 15 is 0 Å². The van der Waals surface area contributed by atoms with E-state index in [1.807, 2.05) is 63.0 Å². The maximum absolute atomic E-state index is 9.67. The van der Waals surface area contributed by atoms with Gasteiger partial charge in [0.15, 0.2) is 0 Å². The molecule has 6 heterocycles. The van der Waals surface area contributed by atoms with E-state index < -0.39 is 0 Å². The van der Waals surface area contributed by atoms with Crippen molar-refractivity contribution in [2.45, 2.75) is 6.54 Å². The predicted molar refractivity (Wildman–Crippen MR) is 149 cm³/mol. The second-order valence-electron chi connectivity index (χ2n) is 9.93. The predicted octanol–water partition coefficient (Wildman–Crippen LogP) is 2.85. The van der Waals surface area contributed by atoms with E-state index in [0.717, 1.165) is 61.2 Å². The van der Waals surface area contributed by atoms with E-state index in [2.05, 4.69) is 43.2 Å². The largest absolute Gasteiger partial charge is 0.363 e. The Hall–Kier alpha value is -4.82. The lowest BCUT2D eigenvalue weighted by Crippen LogP contribution is -2.46. The lowest BCUT2D eigenvalue weighted by atomic mass is 10.1. The minimum Gasteiger partial charge on any atom is -0.363 e. The van der Waals surface area contributed by atoms with Gasteiger partial charge in [0, 0.05) is 83.6 Å². The topological polar surface area (TPSA) is 107 Å². The van der Waals surface area contributed by atoms with E-state index in [1.54, 1.807) is 21.6 Å². The number of nitriles is 1. The second-order valence-corrected chi connectivity index (χ2v) is 9.93. The summed E-state index contributed by atoms with van der Waals surface area (Å²) in [4.78, 5) is 21.0. The zero-order valence-electron chi connectivity index (χ0n) is 22.2. The number of aryl methyl sites for hydroxylation is 1. The van der Waals surface area contributed by atoms with Crippen LogP contribution in [0.3, 0.4) is 0 Å². The SMILES string of the molecule is CN(C)c1ccc(CN2CCN(c3ccc(-c4nc(-c5cnn(C)c5)cn5ncc(C#N)c45)cn3)CC2)cn1. The Morgan fingerprint density at radius 1 is 0.897 bits per heavy atom. The normalized spacial score (nSPS) is 14.1. The Morgan fingerprint density at radius 3 is 2.38 bits per heavy atom. The molecule has 0 atom stereocenters. The van der Waals surface area contributed by atoms with Crippen LogP contribution in [0.25, 0.3) is 28.0 Å². The summed E-state index contributed by atoms with van der Waals surface area (Å²) in [5.41, 5.74) is 5.47. The summed E-state index contributed by atoms with van der Waals surface area (Å²) >= 11 is 0. The number of hydrogen-bond acceptors (Lipinski definition) is 9. The molecule has 39 heavy (non-hydrogen) atoms. The molecular formula is C28H29N11. The molecule has 0 unspecified atom stereocenters. The number of aromatic nitrogens is 7. The number of anilines is 2. The highest BCUT2D eigenvalue weighted by Gasteiger charge is 2.20. The summed E-state index contributed by atoms with van der Waals surface area (Å²) in [5.74, 6) is 1.90. The van der Waals surface area contributed by atoms with E-state index in [4.69, 9.17) is 9.97 Å². The van der Waals surface area contributed by atoms with Gasteiger partial charge in [-0.3, -0.25) is 9.58 Å². The molecule has 5 aromatic heterocycles. The standard InChI is InChI=1S/C28H29N11/c1-35(2)25-6-4-20(13-30-25)17-37-8-10-38(11-9-37)26-7-5-21(14-31-26)27-28-22(12-29)15-33-39(28)19-24(34-27)23-16-32-36(3)18-23/h4-7,13-16,18-19H,8-11,17H2,1-3H3. The lowest BCUT2D eigenvalue weighted by molar-refractivity contribution is 0.249. The van der Waals surface area contributed by atoms with E-state index in [0.29, 0.717) is 16.8 Å². The van der Waals surface area contributed by atoms with Gasteiger partial charge in [0.1, 0.15) is 28.8 Å². The molecule has 0 aliphatic carbocycles. The smallest absolute Gasteiger partial charge is 0.128 e. The van der Waals surface area contributed by atoms with Crippen LogP contribution in [0.4, 0.5) is 11.6 Å². The first-order valence-corrected chi connectivity index (χ1v) is 12.8. The van der Waals surface area contributed by atoms with Gasteiger partial charge in [-0.1, -0.05) is 6.07 Å². The Balaban J connectivity index is 1.19. The molecule has 6 rings (SSSR count). The summed E-state index contributed by atoms with van der Waals surface area (Å²) in [6.07, 6.45) is 10.9.